The lowest BCUT2D eigenvalue weighted by atomic mass is 10.1. The van der Waals surface area contributed by atoms with Gasteiger partial charge in [-0.1, -0.05) is 5.92 Å². The lowest BCUT2D eigenvalue weighted by Crippen LogP contribution is -2.55. The molecular weight excluding hydrogens is 288 g/mol. The Morgan fingerprint density at radius 1 is 1.38 bits per heavy atom. The van der Waals surface area contributed by atoms with Crippen molar-refractivity contribution in [3.63, 3.8) is 0 Å². The lowest BCUT2D eigenvalue weighted by Gasteiger charge is -2.35. The van der Waals surface area contributed by atoms with Gasteiger partial charge in [-0.05, 0) is 20.8 Å². The first kappa shape index (κ1) is 15.7. The molecule has 6 nitrogen and oxygen atoms in total. The molecule has 0 aliphatic carbocycles. The number of nitrogens with one attached hydrogen (secondary N) is 1. The standard InChI is InChI=1S/C14H20N4O2S/c1-5-12-9-18(8-11(4)17-12)14-15-6-13(7-16-14)21(19,20)10(2)3/h1,6-7,10-12,17H,8-9H2,2-4H3/t11-,12+/m0/s1. The summed E-state index contributed by atoms with van der Waals surface area (Å²) in [4.78, 5) is 10.5. The van der Waals surface area contributed by atoms with Gasteiger partial charge < -0.3 is 4.90 Å². The topological polar surface area (TPSA) is 75.2 Å². The Morgan fingerprint density at radius 2 is 2.00 bits per heavy atom. The highest BCUT2D eigenvalue weighted by Gasteiger charge is 2.25. The second-order valence-corrected chi connectivity index (χ2v) is 8.01. The number of terminal acetylenes is 1. The molecule has 0 amide bonds. The van der Waals surface area contributed by atoms with E-state index < -0.39 is 15.1 Å². The highest BCUT2D eigenvalue weighted by Crippen LogP contribution is 2.17. The van der Waals surface area contributed by atoms with Crippen LogP contribution in [0.25, 0.3) is 0 Å². The molecule has 1 aliphatic heterocycles. The molecule has 114 valence electrons. The molecule has 21 heavy (non-hydrogen) atoms. The van der Waals surface area contributed by atoms with E-state index >= 15 is 0 Å². The second-order valence-electron chi connectivity index (χ2n) is 5.50. The normalized spacial score (nSPS) is 23.1. The Kier molecular flexibility index (Phi) is 4.49. The molecule has 0 radical (unpaired) electrons. The monoisotopic (exact) mass is 308 g/mol. The van der Waals surface area contributed by atoms with Gasteiger partial charge in [0.15, 0.2) is 9.84 Å². The van der Waals surface area contributed by atoms with E-state index in [0.717, 1.165) is 6.54 Å². The van der Waals surface area contributed by atoms with E-state index in [9.17, 15) is 8.42 Å². The molecule has 0 saturated carbocycles. The summed E-state index contributed by atoms with van der Waals surface area (Å²) in [5.41, 5.74) is 0. The predicted molar refractivity (Wildman–Crippen MR) is 81.8 cm³/mol. The number of hydrogen-bond donors (Lipinski definition) is 1. The van der Waals surface area contributed by atoms with Crippen molar-refractivity contribution in [1.82, 2.24) is 15.3 Å². The molecule has 0 spiro atoms. The van der Waals surface area contributed by atoms with Crippen LogP contribution in [0.1, 0.15) is 20.8 Å². The van der Waals surface area contributed by atoms with Gasteiger partial charge in [0.2, 0.25) is 5.95 Å². The third-order valence-electron chi connectivity index (χ3n) is 3.43. The van der Waals surface area contributed by atoms with Gasteiger partial charge >= 0.3 is 0 Å². The molecule has 1 fully saturated rings. The maximum atomic E-state index is 12.0. The maximum Gasteiger partial charge on any atom is 0.225 e. The Hall–Kier alpha value is -1.65. The Balaban J connectivity index is 2.22. The molecule has 2 rings (SSSR count). The van der Waals surface area contributed by atoms with Crippen LogP contribution in [-0.2, 0) is 9.84 Å². The summed E-state index contributed by atoms with van der Waals surface area (Å²) in [7, 11) is -3.34. The first-order chi connectivity index (χ1) is 9.84. The van der Waals surface area contributed by atoms with Crippen LogP contribution in [0.5, 0.6) is 0 Å². The van der Waals surface area contributed by atoms with Crippen molar-refractivity contribution in [1.29, 1.82) is 0 Å². The maximum absolute atomic E-state index is 12.0. The minimum absolute atomic E-state index is 0.0589. The molecule has 1 aliphatic rings. The van der Waals surface area contributed by atoms with Crippen LogP contribution in [0.4, 0.5) is 5.95 Å². The van der Waals surface area contributed by atoms with Crippen molar-refractivity contribution in [2.24, 2.45) is 0 Å². The number of sulfone groups is 1. The summed E-state index contributed by atoms with van der Waals surface area (Å²) in [6.07, 6.45) is 8.20. The number of rotatable bonds is 3. The highest BCUT2D eigenvalue weighted by atomic mass is 32.2. The van der Waals surface area contributed by atoms with Crippen molar-refractivity contribution in [3.8, 4) is 12.3 Å². The van der Waals surface area contributed by atoms with Crippen LogP contribution in [0.2, 0.25) is 0 Å². The summed E-state index contributed by atoms with van der Waals surface area (Å²) in [6, 6.07) is 0.166. The Morgan fingerprint density at radius 3 is 2.52 bits per heavy atom. The Labute approximate surface area is 125 Å². The molecule has 1 saturated heterocycles. The zero-order valence-corrected chi connectivity index (χ0v) is 13.3. The molecule has 1 aromatic rings. The third kappa shape index (κ3) is 3.34. The third-order valence-corrected chi connectivity index (χ3v) is 5.54. The quantitative estimate of drug-likeness (QED) is 0.818. The average Bonchev–Trinajstić information content (AvgIpc) is 2.46. The van der Waals surface area contributed by atoms with Crippen LogP contribution in [-0.4, -0.2) is 48.8 Å². The van der Waals surface area contributed by atoms with E-state index in [-0.39, 0.29) is 17.0 Å². The smallest absolute Gasteiger partial charge is 0.225 e. The van der Waals surface area contributed by atoms with E-state index in [1.807, 2.05) is 11.8 Å². The predicted octanol–water partition coefficient (Wildman–Crippen LogP) is 0.459. The number of anilines is 1. The fourth-order valence-electron chi connectivity index (χ4n) is 2.23. The summed E-state index contributed by atoms with van der Waals surface area (Å²) in [5.74, 6) is 3.19. The fourth-order valence-corrected chi connectivity index (χ4v) is 3.17. The number of aromatic nitrogens is 2. The number of hydrogen-bond acceptors (Lipinski definition) is 6. The van der Waals surface area contributed by atoms with Crippen molar-refractivity contribution in [3.05, 3.63) is 12.4 Å². The summed E-state index contributed by atoms with van der Waals surface area (Å²) in [5, 5.41) is 2.80. The van der Waals surface area contributed by atoms with Crippen LogP contribution in [0.15, 0.2) is 17.3 Å². The molecule has 1 aromatic heterocycles. The van der Waals surface area contributed by atoms with Gasteiger partial charge in [-0.15, -0.1) is 6.42 Å². The highest BCUT2D eigenvalue weighted by molar-refractivity contribution is 7.92. The molecule has 0 unspecified atom stereocenters. The molecule has 0 bridgehead atoms. The average molecular weight is 308 g/mol. The van der Waals surface area contributed by atoms with Gasteiger partial charge in [-0.3, -0.25) is 5.32 Å². The van der Waals surface area contributed by atoms with E-state index in [4.69, 9.17) is 6.42 Å². The fraction of sp³-hybridized carbons (Fsp3) is 0.571. The number of nitrogens with zero attached hydrogens (tertiary/aromatic N) is 3. The van der Waals surface area contributed by atoms with Crippen LogP contribution < -0.4 is 10.2 Å². The molecule has 1 N–H and O–H groups in total. The van der Waals surface area contributed by atoms with Gasteiger partial charge in [0, 0.05) is 19.1 Å². The lowest BCUT2D eigenvalue weighted by molar-refractivity contribution is 0.434. The van der Waals surface area contributed by atoms with Gasteiger partial charge in [-0.2, -0.15) is 0 Å². The molecular formula is C14H20N4O2S. The summed E-state index contributed by atoms with van der Waals surface area (Å²) >= 11 is 0. The minimum Gasteiger partial charge on any atom is -0.337 e. The Bertz CT molecular complexity index is 634. The van der Waals surface area contributed by atoms with Gasteiger partial charge in [-0.25, -0.2) is 18.4 Å². The SMILES string of the molecule is C#C[C@@H]1CN(c2ncc(S(=O)(=O)C(C)C)cn2)C[C@H](C)N1. The van der Waals surface area contributed by atoms with Crippen LogP contribution in [0, 0.1) is 12.3 Å². The zero-order valence-electron chi connectivity index (χ0n) is 12.4. The largest absolute Gasteiger partial charge is 0.337 e. The summed E-state index contributed by atoms with van der Waals surface area (Å²) in [6.45, 7) is 6.65. The first-order valence-corrected chi connectivity index (χ1v) is 8.42. The van der Waals surface area contributed by atoms with Crippen molar-refractivity contribution in [2.45, 2.75) is 43.0 Å². The van der Waals surface area contributed by atoms with Crippen LogP contribution in [0.3, 0.4) is 0 Å². The summed E-state index contributed by atoms with van der Waals surface area (Å²) < 4.78 is 24.1. The van der Waals surface area contributed by atoms with E-state index in [1.165, 1.54) is 12.4 Å². The van der Waals surface area contributed by atoms with Gasteiger partial charge in [0.25, 0.3) is 0 Å². The molecule has 0 aromatic carbocycles. The number of piperazine rings is 1. The van der Waals surface area contributed by atoms with Crippen molar-refractivity contribution in [2.75, 3.05) is 18.0 Å². The van der Waals surface area contributed by atoms with E-state index in [1.54, 1.807) is 13.8 Å². The first-order valence-electron chi connectivity index (χ1n) is 6.87. The van der Waals surface area contributed by atoms with Crippen molar-refractivity contribution >= 4 is 15.8 Å². The van der Waals surface area contributed by atoms with Gasteiger partial charge in [0.05, 0.1) is 23.7 Å². The van der Waals surface area contributed by atoms with E-state index in [0.29, 0.717) is 12.5 Å². The van der Waals surface area contributed by atoms with Gasteiger partial charge in [0.1, 0.15) is 4.90 Å². The molecule has 2 heterocycles. The van der Waals surface area contributed by atoms with Crippen LogP contribution >= 0.6 is 0 Å². The minimum atomic E-state index is -3.34. The zero-order chi connectivity index (χ0) is 15.6. The molecule has 2 atom stereocenters. The molecule has 7 heteroatoms. The second kappa shape index (κ2) is 6.00. The van der Waals surface area contributed by atoms with Crippen molar-refractivity contribution < 1.29 is 8.42 Å². The van der Waals surface area contributed by atoms with E-state index in [2.05, 4.69) is 21.2 Å².